The number of nitrogens with zero attached hydrogens (tertiary/aromatic N) is 2. The Morgan fingerprint density at radius 2 is 1.58 bits per heavy atom. The van der Waals surface area contributed by atoms with E-state index in [1.54, 1.807) is 6.92 Å². The van der Waals surface area contributed by atoms with Crippen LogP contribution in [0.2, 0.25) is 0 Å². The van der Waals surface area contributed by atoms with Crippen molar-refractivity contribution < 1.29 is 29.0 Å². The van der Waals surface area contributed by atoms with Crippen molar-refractivity contribution in [3.8, 4) is 5.75 Å². The van der Waals surface area contributed by atoms with E-state index in [0.29, 0.717) is 53.0 Å². The molecule has 2 heterocycles. The summed E-state index contributed by atoms with van der Waals surface area (Å²) in [6.45, 7) is 4.51. The first kappa shape index (κ1) is 27.7. The molecule has 3 aromatic carbocycles. The molecule has 5 aliphatic rings. The van der Waals surface area contributed by atoms with Crippen LogP contribution in [0.25, 0.3) is 10.8 Å². The van der Waals surface area contributed by atoms with Gasteiger partial charge in [-0.2, -0.15) is 0 Å². The number of imide groups is 1. The summed E-state index contributed by atoms with van der Waals surface area (Å²) < 4.78 is 5.46. The van der Waals surface area contributed by atoms with Crippen LogP contribution >= 0.6 is 0 Å². The Balaban J connectivity index is 1.20. The molecule has 1 N–H and O–H groups in total. The van der Waals surface area contributed by atoms with E-state index in [4.69, 9.17) is 4.74 Å². The van der Waals surface area contributed by atoms with Gasteiger partial charge in [-0.3, -0.25) is 24.1 Å². The third-order valence-corrected chi connectivity index (χ3v) is 10.3. The third kappa shape index (κ3) is 4.15. The van der Waals surface area contributed by atoms with Crippen molar-refractivity contribution in [1.29, 1.82) is 0 Å². The van der Waals surface area contributed by atoms with E-state index >= 15 is 0 Å². The molecule has 2 aliphatic heterocycles. The molecular formula is C37H32N2O6. The lowest BCUT2D eigenvalue weighted by atomic mass is 9.59. The average Bonchev–Trinajstić information content (AvgIpc) is 3.33. The molecular weight excluding hydrogens is 568 g/mol. The van der Waals surface area contributed by atoms with Gasteiger partial charge in [0.1, 0.15) is 5.75 Å². The van der Waals surface area contributed by atoms with Crippen LogP contribution in [0, 0.1) is 17.8 Å². The number of phenols is 1. The zero-order valence-corrected chi connectivity index (χ0v) is 24.9. The Hall–Kier alpha value is -4.82. The van der Waals surface area contributed by atoms with Crippen molar-refractivity contribution >= 4 is 45.5 Å². The maximum atomic E-state index is 14.3. The number of ketones is 2. The molecule has 8 nitrogen and oxygen atoms in total. The summed E-state index contributed by atoms with van der Waals surface area (Å²) in [5.41, 5.74) is 3.99. The fourth-order valence-electron chi connectivity index (χ4n) is 8.13. The lowest BCUT2D eigenvalue weighted by molar-refractivity contribution is -0.123. The number of aromatic hydroxyl groups is 1. The number of carbonyl (C=O) groups excluding carboxylic acids is 4. The van der Waals surface area contributed by atoms with Gasteiger partial charge in [0.05, 0.1) is 30.7 Å². The number of phenolic OH excluding ortho intramolecular Hbond substituents is 1. The maximum Gasteiger partial charge on any atom is 0.238 e. The summed E-state index contributed by atoms with van der Waals surface area (Å²) in [6, 6.07) is 18.7. The van der Waals surface area contributed by atoms with Gasteiger partial charge in [0.15, 0.2) is 11.6 Å². The molecule has 2 amide bonds. The van der Waals surface area contributed by atoms with E-state index in [0.717, 1.165) is 29.7 Å². The van der Waals surface area contributed by atoms with Gasteiger partial charge in [-0.1, -0.05) is 48.0 Å². The lowest BCUT2D eigenvalue weighted by Gasteiger charge is -2.42. The average molecular weight is 601 g/mol. The van der Waals surface area contributed by atoms with E-state index < -0.39 is 23.7 Å². The van der Waals surface area contributed by atoms with Gasteiger partial charge < -0.3 is 14.7 Å². The molecule has 3 aliphatic carbocycles. The topological polar surface area (TPSA) is 104 Å². The summed E-state index contributed by atoms with van der Waals surface area (Å²) in [6.07, 6.45) is 3.90. The zero-order chi connectivity index (χ0) is 31.0. The van der Waals surface area contributed by atoms with Crippen molar-refractivity contribution in [3.63, 3.8) is 0 Å². The number of morpholine rings is 1. The second-order valence-electron chi connectivity index (χ2n) is 12.6. The summed E-state index contributed by atoms with van der Waals surface area (Å²) in [5, 5.41) is 13.1. The molecule has 0 radical (unpaired) electrons. The molecule has 45 heavy (non-hydrogen) atoms. The van der Waals surface area contributed by atoms with Crippen LogP contribution in [-0.4, -0.2) is 54.8 Å². The monoisotopic (exact) mass is 600 g/mol. The predicted molar refractivity (Wildman–Crippen MR) is 169 cm³/mol. The molecule has 8 rings (SSSR count). The predicted octanol–water partition coefficient (Wildman–Crippen LogP) is 5.02. The van der Waals surface area contributed by atoms with Crippen molar-refractivity contribution in [3.05, 3.63) is 101 Å². The van der Waals surface area contributed by atoms with E-state index in [-0.39, 0.29) is 35.6 Å². The van der Waals surface area contributed by atoms with E-state index in [1.165, 1.54) is 11.0 Å². The first-order valence-electron chi connectivity index (χ1n) is 15.5. The highest BCUT2D eigenvalue weighted by molar-refractivity contribution is 6.25. The zero-order valence-electron chi connectivity index (χ0n) is 24.9. The lowest BCUT2D eigenvalue weighted by Crippen LogP contribution is -2.39. The minimum atomic E-state index is -0.699. The first-order chi connectivity index (χ1) is 21.8. The van der Waals surface area contributed by atoms with Crippen LogP contribution in [0.15, 0.2) is 95.1 Å². The minimum Gasteiger partial charge on any atom is -0.507 e. The van der Waals surface area contributed by atoms with Crippen LogP contribution in [-0.2, 0) is 23.9 Å². The second-order valence-corrected chi connectivity index (χ2v) is 12.6. The number of carbonyl (C=O) groups is 4. The maximum absolute atomic E-state index is 14.3. The number of Topliss-reactive ketones (excluding diaryl/α,β-unsaturated/α-hetero) is 1. The second kappa shape index (κ2) is 10.4. The summed E-state index contributed by atoms with van der Waals surface area (Å²) in [5.74, 6) is -3.35. The number of hydrogen-bond acceptors (Lipinski definition) is 7. The number of allylic oxidation sites excluding steroid dienone is 6. The molecule has 0 aromatic heterocycles. The summed E-state index contributed by atoms with van der Waals surface area (Å²) >= 11 is 0. The number of ether oxygens (including phenoxy) is 1. The Morgan fingerprint density at radius 3 is 2.36 bits per heavy atom. The summed E-state index contributed by atoms with van der Waals surface area (Å²) in [7, 11) is 0. The van der Waals surface area contributed by atoms with Crippen molar-refractivity contribution in [2.24, 2.45) is 17.8 Å². The molecule has 4 atom stereocenters. The van der Waals surface area contributed by atoms with Crippen molar-refractivity contribution in [1.82, 2.24) is 0 Å². The number of hydrogen-bond donors (Lipinski definition) is 1. The minimum absolute atomic E-state index is 0.0518. The van der Waals surface area contributed by atoms with Gasteiger partial charge in [0, 0.05) is 52.4 Å². The Labute approximate surface area is 260 Å². The van der Waals surface area contributed by atoms with Gasteiger partial charge in [-0.25, -0.2) is 0 Å². The molecule has 8 heteroatoms. The number of anilines is 2. The summed E-state index contributed by atoms with van der Waals surface area (Å²) in [4.78, 5) is 58.9. The van der Waals surface area contributed by atoms with Crippen LogP contribution in [0.4, 0.5) is 11.4 Å². The SMILES string of the molecule is CC1=CC(=O)C2=C(CC3C(=CCC4C(=O)N(c5ccc(N6CCOCC6)cc5)C(=O)C43)C2c2ccc3ccccc3c2O)C1=O. The molecule has 226 valence electrons. The number of rotatable bonds is 3. The molecule has 0 spiro atoms. The Kier molecular flexibility index (Phi) is 6.39. The molecule has 3 aromatic rings. The van der Waals surface area contributed by atoms with Gasteiger partial charge in [-0.05, 0) is 61.4 Å². The standard InChI is InChI=1S/C37H32N2O6/c1-20-18-30(40)33-29(34(20)41)19-28-25(31(33)26-11-6-21-4-2-3-5-24(21)35(26)42)12-13-27-32(28)37(44)39(36(27)43)23-9-7-22(8-10-23)38-14-16-45-17-15-38/h2-12,18,27-28,31-32,42H,13-17,19H2,1H3. The van der Waals surface area contributed by atoms with Crippen LogP contribution in [0.5, 0.6) is 5.75 Å². The van der Waals surface area contributed by atoms with Crippen LogP contribution in [0.3, 0.4) is 0 Å². The number of fused-ring (bicyclic) bond motifs is 4. The molecule has 0 saturated carbocycles. The van der Waals surface area contributed by atoms with Crippen LogP contribution < -0.4 is 9.80 Å². The molecule has 0 bridgehead atoms. The van der Waals surface area contributed by atoms with Gasteiger partial charge in [-0.15, -0.1) is 0 Å². The van der Waals surface area contributed by atoms with Gasteiger partial charge in [0.2, 0.25) is 11.8 Å². The molecule has 2 saturated heterocycles. The number of amides is 2. The highest BCUT2D eigenvalue weighted by atomic mass is 16.5. The van der Waals surface area contributed by atoms with Crippen LogP contribution in [0.1, 0.15) is 31.2 Å². The smallest absolute Gasteiger partial charge is 0.238 e. The Morgan fingerprint density at radius 1 is 0.844 bits per heavy atom. The third-order valence-electron chi connectivity index (χ3n) is 10.3. The fraction of sp³-hybridized carbons (Fsp3) is 0.297. The molecule has 4 unspecified atom stereocenters. The quantitative estimate of drug-likeness (QED) is 0.256. The fourth-order valence-corrected chi connectivity index (χ4v) is 8.13. The highest BCUT2D eigenvalue weighted by Gasteiger charge is 2.56. The Bertz CT molecular complexity index is 1910. The normalized spacial score (nSPS) is 26.5. The van der Waals surface area contributed by atoms with E-state index in [9.17, 15) is 24.3 Å². The van der Waals surface area contributed by atoms with Crippen molar-refractivity contribution in [2.75, 3.05) is 36.1 Å². The highest BCUT2D eigenvalue weighted by Crippen LogP contribution is 2.56. The van der Waals surface area contributed by atoms with E-state index in [2.05, 4.69) is 4.90 Å². The first-order valence-corrected chi connectivity index (χ1v) is 15.5. The van der Waals surface area contributed by atoms with Crippen molar-refractivity contribution in [2.45, 2.75) is 25.7 Å². The number of benzene rings is 3. The molecule has 2 fully saturated rings. The van der Waals surface area contributed by atoms with Gasteiger partial charge >= 0.3 is 0 Å². The van der Waals surface area contributed by atoms with E-state index in [1.807, 2.05) is 66.7 Å². The van der Waals surface area contributed by atoms with Gasteiger partial charge in [0.25, 0.3) is 0 Å². The largest absolute Gasteiger partial charge is 0.507 e.